The number of ether oxygens (including phenoxy) is 1. The van der Waals surface area contributed by atoms with Crippen LogP contribution in [0.4, 0.5) is 11.5 Å². The molecule has 138 valence electrons. The highest BCUT2D eigenvalue weighted by molar-refractivity contribution is 6.32. The second kappa shape index (κ2) is 8.33. The molecular weight excluding hydrogens is 354 g/mol. The van der Waals surface area contributed by atoms with Gasteiger partial charge in [-0.3, -0.25) is 4.79 Å². The fraction of sp³-hybridized carbons (Fsp3) is 0.389. The number of rotatable bonds is 5. The topological polar surface area (TPSA) is 70.6 Å². The minimum atomic E-state index is -0.304. The molecule has 8 heteroatoms. The molecule has 1 aromatic heterocycles. The van der Waals surface area contributed by atoms with Crippen LogP contribution in [-0.2, 0) is 0 Å². The molecule has 26 heavy (non-hydrogen) atoms. The molecule has 2 heterocycles. The Bertz CT molecular complexity index is 778. The van der Waals surface area contributed by atoms with Crippen molar-refractivity contribution in [2.75, 3.05) is 50.1 Å². The number of halogens is 1. The van der Waals surface area contributed by atoms with Crippen LogP contribution in [0.15, 0.2) is 30.6 Å². The fourth-order valence-corrected chi connectivity index (χ4v) is 3.13. The largest absolute Gasteiger partial charge is 0.495 e. The number of nitrogens with zero attached hydrogens (tertiary/aromatic N) is 4. The average molecular weight is 376 g/mol. The van der Waals surface area contributed by atoms with Gasteiger partial charge >= 0.3 is 0 Å². The molecular formula is C18H22ClN5O2. The van der Waals surface area contributed by atoms with Gasteiger partial charge in [-0.15, -0.1) is 0 Å². The lowest BCUT2D eigenvalue weighted by Gasteiger charge is -2.34. The van der Waals surface area contributed by atoms with Crippen molar-refractivity contribution in [1.29, 1.82) is 0 Å². The Morgan fingerprint density at radius 1 is 1.23 bits per heavy atom. The predicted octanol–water partition coefficient (Wildman–Crippen LogP) is 2.53. The highest BCUT2D eigenvalue weighted by Crippen LogP contribution is 2.27. The number of hydrogen-bond acceptors (Lipinski definition) is 6. The van der Waals surface area contributed by atoms with Gasteiger partial charge in [0.25, 0.3) is 5.91 Å². The Hall–Kier alpha value is -2.38. The zero-order chi connectivity index (χ0) is 18.5. The van der Waals surface area contributed by atoms with Gasteiger partial charge in [-0.25, -0.2) is 9.97 Å². The molecule has 1 aliphatic heterocycles. The molecule has 0 unspecified atom stereocenters. The molecule has 0 atom stereocenters. The minimum absolute atomic E-state index is 0.304. The quantitative estimate of drug-likeness (QED) is 0.866. The average Bonchev–Trinajstić information content (AvgIpc) is 2.68. The van der Waals surface area contributed by atoms with Crippen molar-refractivity contribution in [3.63, 3.8) is 0 Å². The maximum atomic E-state index is 12.5. The Morgan fingerprint density at radius 2 is 2.00 bits per heavy atom. The number of carbonyl (C=O) groups excluding carboxylic acids is 1. The number of likely N-dealkylation sites (N-methyl/N-ethyl adjacent to an activating group) is 1. The number of amides is 1. The van der Waals surface area contributed by atoms with Gasteiger partial charge in [0, 0.05) is 37.9 Å². The fourth-order valence-electron chi connectivity index (χ4n) is 2.88. The summed E-state index contributed by atoms with van der Waals surface area (Å²) in [5.74, 6) is 1.02. The zero-order valence-corrected chi connectivity index (χ0v) is 15.7. The molecule has 0 bridgehead atoms. The van der Waals surface area contributed by atoms with Crippen LogP contribution in [0, 0.1) is 0 Å². The lowest BCUT2D eigenvalue weighted by atomic mass is 10.2. The summed E-state index contributed by atoms with van der Waals surface area (Å²) in [4.78, 5) is 25.5. The first-order chi connectivity index (χ1) is 12.6. The third-order valence-electron chi connectivity index (χ3n) is 4.44. The Balaban J connectivity index is 1.69. The number of carbonyl (C=O) groups is 1. The molecule has 1 aliphatic rings. The van der Waals surface area contributed by atoms with E-state index in [1.807, 2.05) is 0 Å². The van der Waals surface area contributed by atoms with E-state index in [1.54, 1.807) is 31.4 Å². The highest BCUT2D eigenvalue weighted by atomic mass is 35.5. The lowest BCUT2D eigenvalue weighted by molar-refractivity contribution is 0.102. The third kappa shape index (κ3) is 4.23. The van der Waals surface area contributed by atoms with E-state index in [-0.39, 0.29) is 5.91 Å². The summed E-state index contributed by atoms with van der Waals surface area (Å²) >= 11 is 6.10. The van der Waals surface area contributed by atoms with Crippen molar-refractivity contribution in [2.24, 2.45) is 0 Å². The van der Waals surface area contributed by atoms with E-state index in [9.17, 15) is 4.79 Å². The first-order valence-corrected chi connectivity index (χ1v) is 8.92. The molecule has 2 aromatic rings. The maximum absolute atomic E-state index is 12.5. The SMILES string of the molecule is CCN1CCN(c2cc(C(=O)Nc3ccc(OC)c(Cl)c3)ncn2)CC1. The van der Waals surface area contributed by atoms with Crippen LogP contribution in [-0.4, -0.2) is 60.6 Å². The molecule has 3 rings (SSSR count). The Morgan fingerprint density at radius 3 is 2.65 bits per heavy atom. The number of benzene rings is 1. The van der Waals surface area contributed by atoms with Crippen molar-refractivity contribution < 1.29 is 9.53 Å². The summed E-state index contributed by atoms with van der Waals surface area (Å²) < 4.78 is 5.11. The van der Waals surface area contributed by atoms with Crippen LogP contribution in [0.3, 0.4) is 0 Å². The second-order valence-electron chi connectivity index (χ2n) is 5.99. The van der Waals surface area contributed by atoms with Crippen molar-refractivity contribution in [2.45, 2.75) is 6.92 Å². The minimum Gasteiger partial charge on any atom is -0.495 e. The van der Waals surface area contributed by atoms with Crippen molar-refractivity contribution in [1.82, 2.24) is 14.9 Å². The van der Waals surface area contributed by atoms with Crippen LogP contribution in [0.25, 0.3) is 0 Å². The van der Waals surface area contributed by atoms with E-state index in [0.29, 0.717) is 22.2 Å². The van der Waals surface area contributed by atoms with Crippen LogP contribution in [0.2, 0.25) is 5.02 Å². The van der Waals surface area contributed by atoms with Crippen LogP contribution >= 0.6 is 11.6 Å². The van der Waals surface area contributed by atoms with Gasteiger partial charge < -0.3 is 19.9 Å². The summed E-state index contributed by atoms with van der Waals surface area (Å²) in [7, 11) is 1.54. The summed E-state index contributed by atoms with van der Waals surface area (Å²) in [6.07, 6.45) is 1.43. The molecule has 0 saturated carbocycles. The summed E-state index contributed by atoms with van der Waals surface area (Å²) in [6, 6.07) is 6.80. The highest BCUT2D eigenvalue weighted by Gasteiger charge is 2.18. The smallest absolute Gasteiger partial charge is 0.274 e. The van der Waals surface area contributed by atoms with E-state index < -0.39 is 0 Å². The van der Waals surface area contributed by atoms with Gasteiger partial charge in [0.05, 0.1) is 12.1 Å². The molecule has 1 fully saturated rings. The molecule has 0 spiro atoms. The standard InChI is InChI=1S/C18H22ClN5O2/c1-3-23-6-8-24(9-7-23)17-11-15(20-12-21-17)18(25)22-13-4-5-16(26-2)14(19)10-13/h4-5,10-12H,3,6-9H2,1-2H3,(H,22,25). The Kier molecular flexibility index (Phi) is 5.90. The van der Waals surface area contributed by atoms with Gasteiger partial charge in [-0.2, -0.15) is 0 Å². The van der Waals surface area contributed by atoms with E-state index in [0.717, 1.165) is 38.5 Å². The third-order valence-corrected chi connectivity index (χ3v) is 4.73. The van der Waals surface area contributed by atoms with E-state index in [4.69, 9.17) is 16.3 Å². The molecule has 0 aliphatic carbocycles. The summed E-state index contributed by atoms with van der Waals surface area (Å²) in [5.41, 5.74) is 0.900. The molecule has 1 aromatic carbocycles. The summed E-state index contributed by atoms with van der Waals surface area (Å²) in [5, 5.41) is 3.23. The number of nitrogens with one attached hydrogen (secondary N) is 1. The monoisotopic (exact) mass is 375 g/mol. The lowest BCUT2D eigenvalue weighted by Crippen LogP contribution is -2.46. The van der Waals surface area contributed by atoms with Gasteiger partial charge in [0.15, 0.2) is 0 Å². The normalized spacial score (nSPS) is 15.0. The van der Waals surface area contributed by atoms with E-state index in [1.165, 1.54) is 6.33 Å². The van der Waals surface area contributed by atoms with Gasteiger partial charge in [0.2, 0.25) is 0 Å². The van der Waals surface area contributed by atoms with E-state index >= 15 is 0 Å². The molecule has 1 amide bonds. The van der Waals surface area contributed by atoms with Crippen LogP contribution < -0.4 is 15.0 Å². The van der Waals surface area contributed by atoms with Crippen molar-refractivity contribution in [3.05, 3.63) is 41.3 Å². The van der Waals surface area contributed by atoms with Gasteiger partial charge in [-0.05, 0) is 24.7 Å². The number of anilines is 2. The zero-order valence-electron chi connectivity index (χ0n) is 14.9. The van der Waals surface area contributed by atoms with Crippen LogP contribution in [0.1, 0.15) is 17.4 Å². The summed E-state index contributed by atoms with van der Waals surface area (Å²) in [6.45, 7) is 6.97. The Labute approximate surface area is 157 Å². The predicted molar refractivity (Wildman–Crippen MR) is 102 cm³/mol. The number of hydrogen-bond donors (Lipinski definition) is 1. The number of methoxy groups -OCH3 is 1. The van der Waals surface area contributed by atoms with Crippen molar-refractivity contribution >= 4 is 29.0 Å². The molecule has 1 saturated heterocycles. The number of piperazine rings is 1. The molecule has 1 N–H and O–H groups in total. The molecule has 7 nitrogen and oxygen atoms in total. The van der Waals surface area contributed by atoms with Crippen molar-refractivity contribution in [3.8, 4) is 5.75 Å². The van der Waals surface area contributed by atoms with E-state index in [2.05, 4.69) is 32.0 Å². The second-order valence-corrected chi connectivity index (χ2v) is 6.39. The first kappa shape index (κ1) is 18.4. The first-order valence-electron chi connectivity index (χ1n) is 8.55. The molecule has 0 radical (unpaired) electrons. The van der Waals surface area contributed by atoms with Gasteiger partial charge in [-0.1, -0.05) is 18.5 Å². The van der Waals surface area contributed by atoms with Gasteiger partial charge in [0.1, 0.15) is 23.6 Å². The number of aromatic nitrogens is 2. The maximum Gasteiger partial charge on any atom is 0.274 e. The van der Waals surface area contributed by atoms with Crippen LogP contribution in [0.5, 0.6) is 5.75 Å².